The van der Waals surface area contributed by atoms with Crippen LogP contribution in [0.4, 0.5) is 0 Å². The molecule has 7 nitrogen and oxygen atoms in total. The molecular weight excluding hydrogens is 378 g/mol. The predicted molar refractivity (Wildman–Crippen MR) is 108 cm³/mol. The topological polar surface area (TPSA) is 90.1 Å². The molecule has 28 heavy (non-hydrogen) atoms. The summed E-state index contributed by atoms with van der Waals surface area (Å²) in [6.45, 7) is 4.45. The van der Waals surface area contributed by atoms with Crippen molar-refractivity contribution in [3.63, 3.8) is 0 Å². The van der Waals surface area contributed by atoms with Crippen molar-refractivity contribution in [2.24, 2.45) is 0 Å². The van der Waals surface area contributed by atoms with Crippen LogP contribution in [0.2, 0.25) is 0 Å². The first-order chi connectivity index (χ1) is 13.6. The second kappa shape index (κ2) is 7.47. The van der Waals surface area contributed by atoms with Gasteiger partial charge in [0.2, 0.25) is 5.43 Å². The molecule has 0 unspecified atom stereocenters. The van der Waals surface area contributed by atoms with E-state index in [1.165, 1.54) is 17.4 Å². The summed E-state index contributed by atoms with van der Waals surface area (Å²) in [6.07, 6.45) is 3.94. The van der Waals surface area contributed by atoms with E-state index in [1.807, 2.05) is 18.4 Å². The molecule has 0 aromatic carbocycles. The average Bonchev–Trinajstić information content (AvgIpc) is 3.34. The van der Waals surface area contributed by atoms with Crippen molar-refractivity contribution in [2.75, 3.05) is 6.61 Å². The standard InChI is InChI=1S/C20H19N3O4S/c1-3-6-26-17-9-21-13(8-15(17)24)10-23-12(2)22-19-18(20(23)25)14(11-28-19)16-5-4-7-27-16/h4-5,7-9,11H,3,6,10H2,1-2H3,(H,21,24). The molecule has 0 aliphatic carbocycles. The summed E-state index contributed by atoms with van der Waals surface area (Å²) in [5.74, 6) is 1.49. The first-order valence-corrected chi connectivity index (χ1v) is 9.83. The van der Waals surface area contributed by atoms with Crippen molar-refractivity contribution < 1.29 is 9.15 Å². The fraction of sp³-hybridized carbons (Fsp3) is 0.250. The van der Waals surface area contributed by atoms with Gasteiger partial charge in [0.15, 0.2) is 5.75 Å². The predicted octanol–water partition coefficient (Wildman–Crippen LogP) is 3.55. The van der Waals surface area contributed by atoms with Crippen LogP contribution in [0, 0.1) is 6.92 Å². The van der Waals surface area contributed by atoms with Gasteiger partial charge in [0.25, 0.3) is 5.56 Å². The van der Waals surface area contributed by atoms with Crippen LogP contribution in [0.25, 0.3) is 21.5 Å². The van der Waals surface area contributed by atoms with Gasteiger partial charge in [-0.1, -0.05) is 6.92 Å². The van der Waals surface area contributed by atoms with E-state index in [9.17, 15) is 9.59 Å². The van der Waals surface area contributed by atoms with Crippen LogP contribution in [0.5, 0.6) is 5.75 Å². The number of furan rings is 1. The summed E-state index contributed by atoms with van der Waals surface area (Å²) in [6, 6.07) is 5.06. The Morgan fingerprint density at radius 2 is 2.21 bits per heavy atom. The first kappa shape index (κ1) is 18.2. The average molecular weight is 397 g/mol. The molecule has 144 valence electrons. The highest BCUT2D eigenvalue weighted by Crippen LogP contribution is 2.31. The first-order valence-electron chi connectivity index (χ1n) is 8.95. The summed E-state index contributed by atoms with van der Waals surface area (Å²) >= 11 is 1.41. The molecule has 0 atom stereocenters. The third-order valence-corrected chi connectivity index (χ3v) is 5.27. The Labute approximate surface area is 164 Å². The van der Waals surface area contributed by atoms with Gasteiger partial charge in [-0.15, -0.1) is 11.3 Å². The Balaban J connectivity index is 1.75. The third kappa shape index (κ3) is 3.27. The number of aromatic amines is 1. The number of nitrogens with one attached hydrogen (secondary N) is 1. The van der Waals surface area contributed by atoms with Gasteiger partial charge in [0.05, 0.1) is 24.8 Å². The summed E-state index contributed by atoms with van der Waals surface area (Å²) in [4.78, 5) is 33.7. The lowest BCUT2D eigenvalue weighted by Crippen LogP contribution is -2.25. The molecule has 4 aromatic rings. The van der Waals surface area contributed by atoms with Crippen molar-refractivity contribution >= 4 is 21.6 Å². The number of pyridine rings is 1. The third-order valence-electron chi connectivity index (χ3n) is 4.40. The molecule has 0 radical (unpaired) electrons. The van der Waals surface area contributed by atoms with E-state index < -0.39 is 0 Å². The lowest BCUT2D eigenvalue weighted by atomic mass is 10.2. The van der Waals surface area contributed by atoms with Gasteiger partial charge >= 0.3 is 0 Å². The van der Waals surface area contributed by atoms with E-state index in [2.05, 4.69) is 9.97 Å². The van der Waals surface area contributed by atoms with E-state index in [0.717, 1.165) is 12.0 Å². The number of nitrogens with zero attached hydrogens (tertiary/aromatic N) is 2. The van der Waals surface area contributed by atoms with E-state index in [-0.39, 0.29) is 23.3 Å². The van der Waals surface area contributed by atoms with Crippen LogP contribution in [-0.4, -0.2) is 21.1 Å². The smallest absolute Gasteiger partial charge is 0.263 e. The Morgan fingerprint density at radius 3 is 2.93 bits per heavy atom. The van der Waals surface area contributed by atoms with Gasteiger partial charge in [0.1, 0.15) is 16.4 Å². The minimum absolute atomic E-state index is 0.165. The highest BCUT2D eigenvalue weighted by atomic mass is 32.1. The number of hydrogen-bond acceptors (Lipinski definition) is 6. The Kier molecular flexibility index (Phi) is 4.87. The number of aromatic nitrogens is 3. The molecule has 0 saturated carbocycles. The number of H-pyrrole nitrogens is 1. The molecule has 0 amide bonds. The van der Waals surface area contributed by atoms with Gasteiger partial charge < -0.3 is 14.1 Å². The van der Waals surface area contributed by atoms with Crippen molar-refractivity contribution in [3.8, 4) is 17.1 Å². The van der Waals surface area contributed by atoms with E-state index in [0.29, 0.717) is 34.1 Å². The second-order valence-corrected chi connectivity index (χ2v) is 7.25. The fourth-order valence-corrected chi connectivity index (χ4v) is 3.98. The lowest BCUT2D eigenvalue weighted by molar-refractivity contribution is 0.313. The summed E-state index contributed by atoms with van der Waals surface area (Å²) in [5.41, 5.74) is 0.957. The van der Waals surface area contributed by atoms with Gasteiger partial charge in [0, 0.05) is 28.9 Å². The van der Waals surface area contributed by atoms with E-state index in [4.69, 9.17) is 9.15 Å². The molecule has 0 aliphatic rings. The molecule has 0 spiro atoms. The zero-order valence-electron chi connectivity index (χ0n) is 15.5. The number of fused-ring (bicyclic) bond motifs is 1. The number of thiophene rings is 1. The van der Waals surface area contributed by atoms with E-state index in [1.54, 1.807) is 30.0 Å². The van der Waals surface area contributed by atoms with Gasteiger partial charge in [-0.3, -0.25) is 14.2 Å². The van der Waals surface area contributed by atoms with Crippen LogP contribution in [0.1, 0.15) is 24.9 Å². The maximum Gasteiger partial charge on any atom is 0.263 e. The molecule has 0 saturated heterocycles. The SMILES string of the molecule is CCCOc1c[nH]c(Cn2c(C)nc3scc(-c4ccco4)c3c2=O)cc1=O. The largest absolute Gasteiger partial charge is 0.488 e. The van der Waals surface area contributed by atoms with Crippen LogP contribution in [-0.2, 0) is 6.54 Å². The quantitative estimate of drug-likeness (QED) is 0.537. The molecule has 8 heteroatoms. The molecule has 1 N–H and O–H groups in total. The van der Waals surface area contributed by atoms with Crippen LogP contribution in [0.3, 0.4) is 0 Å². The second-order valence-electron chi connectivity index (χ2n) is 6.39. The Hall–Kier alpha value is -3.13. The zero-order valence-corrected chi connectivity index (χ0v) is 16.3. The van der Waals surface area contributed by atoms with Gasteiger partial charge in [-0.05, 0) is 25.5 Å². The van der Waals surface area contributed by atoms with E-state index >= 15 is 0 Å². The molecule has 0 aliphatic heterocycles. The highest BCUT2D eigenvalue weighted by molar-refractivity contribution is 7.17. The zero-order chi connectivity index (χ0) is 19.7. The summed E-state index contributed by atoms with van der Waals surface area (Å²) < 4.78 is 12.4. The molecule has 4 heterocycles. The minimum atomic E-state index is -0.214. The monoisotopic (exact) mass is 397 g/mol. The lowest BCUT2D eigenvalue weighted by Gasteiger charge is -2.11. The minimum Gasteiger partial charge on any atom is -0.488 e. The van der Waals surface area contributed by atoms with Crippen LogP contribution in [0.15, 0.2) is 50.0 Å². The van der Waals surface area contributed by atoms with Crippen molar-refractivity contribution in [2.45, 2.75) is 26.8 Å². The summed E-state index contributed by atoms with van der Waals surface area (Å²) in [7, 11) is 0. The van der Waals surface area contributed by atoms with Gasteiger partial charge in [-0.2, -0.15) is 0 Å². The van der Waals surface area contributed by atoms with Crippen LogP contribution < -0.4 is 15.7 Å². The fourth-order valence-electron chi connectivity index (χ4n) is 3.01. The summed E-state index contributed by atoms with van der Waals surface area (Å²) in [5, 5.41) is 2.40. The molecule has 4 rings (SSSR count). The van der Waals surface area contributed by atoms with Crippen LogP contribution >= 0.6 is 11.3 Å². The van der Waals surface area contributed by atoms with Crippen molar-refractivity contribution in [1.82, 2.24) is 14.5 Å². The number of hydrogen-bond donors (Lipinski definition) is 1. The maximum atomic E-state index is 13.2. The van der Waals surface area contributed by atoms with Gasteiger partial charge in [-0.25, -0.2) is 4.98 Å². The number of aryl methyl sites for hydroxylation is 1. The normalized spacial score (nSPS) is 11.2. The molecule has 0 fully saturated rings. The molecule has 4 aromatic heterocycles. The number of ether oxygens (including phenoxy) is 1. The highest BCUT2D eigenvalue weighted by Gasteiger charge is 2.17. The Bertz CT molecular complexity index is 1230. The molecule has 0 bridgehead atoms. The maximum absolute atomic E-state index is 13.2. The Morgan fingerprint density at radius 1 is 1.36 bits per heavy atom. The molecular formula is C20H19N3O4S. The number of rotatable bonds is 6. The van der Waals surface area contributed by atoms with Crippen molar-refractivity contribution in [3.05, 3.63) is 68.1 Å². The van der Waals surface area contributed by atoms with Crippen molar-refractivity contribution in [1.29, 1.82) is 0 Å².